The molecule has 2 N–H and O–H groups in total. The summed E-state index contributed by atoms with van der Waals surface area (Å²) in [5.74, 6) is 0.764. The van der Waals surface area contributed by atoms with Crippen molar-refractivity contribution in [2.45, 2.75) is 19.3 Å². The van der Waals surface area contributed by atoms with Crippen LogP contribution >= 0.6 is 0 Å². The molecular formula is C19H20N2O2. The normalized spacial score (nSPS) is 10.7. The van der Waals surface area contributed by atoms with Gasteiger partial charge in [0.05, 0.1) is 7.11 Å². The molecule has 0 fully saturated rings. The lowest BCUT2D eigenvalue weighted by Gasteiger charge is -2.07. The number of aromatic nitrogens is 1. The lowest BCUT2D eigenvalue weighted by atomic mass is 10.1. The number of para-hydroxylation sites is 1. The van der Waals surface area contributed by atoms with E-state index in [2.05, 4.69) is 22.4 Å². The number of anilines is 1. The Kier molecular flexibility index (Phi) is 4.62. The number of ether oxygens (including phenoxy) is 1. The fourth-order valence-electron chi connectivity index (χ4n) is 2.70. The van der Waals surface area contributed by atoms with E-state index in [1.54, 1.807) is 7.11 Å². The van der Waals surface area contributed by atoms with Crippen molar-refractivity contribution in [3.05, 3.63) is 60.3 Å². The number of fused-ring (bicyclic) bond motifs is 1. The second-order valence-corrected chi connectivity index (χ2v) is 5.49. The van der Waals surface area contributed by atoms with E-state index in [9.17, 15) is 4.79 Å². The number of aromatic amines is 1. The number of hydrogen-bond acceptors (Lipinski definition) is 2. The summed E-state index contributed by atoms with van der Waals surface area (Å²) in [5, 5.41) is 4.14. The average Bonchev–Trinajstić information content (AvgIpc) is 2.98. The van der Waals surface area contributed by atoms with Crippen molar-refractivity contribution in [1.82, 2.24) is 4.98 Å². The number of methoxy groups -OCH3 is 1. The van der Waals surface area contributed by atoms with E-state index in [0.717, 1.165) is 29.8 Å². The Morgan fingerprint density at radius 1 is 1.17 bits per heavy atom. The van der Waals surface area contributed by atoms with E-state index < -0.39 is 0 Å². The van der Waals surface area contributed by atoms with Crippen molar-refractivity contribution >= 4 is 22.5 Å². The summed E-state index contributed by atoms with van der Waals surface area (Å²) in [4.78, 5) is 15.3. The zero-order valence-corrected chi connectivity index (χ0v) is 13.1. The molecule has 0 radical (unpaired) electrons. The maximum atomic E-state index is 12.0. The first-order chi connectivity index (χ1) is 11.3. The van der Waals surface area contributed by atoms with Gasteiger partial charge >= 0.3 is 0 Å². The quantitative estimate of drug-likeness (QED) is 0.719. The van der Waals surface area contributed by atoms with Gasteiger partial charge in [-0.2, -0.15) is 0 Å². The summed E-state index contributed by atoms with van der Waals surface area (Å²) in [5.41, 5.74) is 3.17. The lowest BCUT2D eigenvalue weighted by Crippen LogP contribution is -2.11. The molecule has 1 heterocycles. The molecule has 1 amide bonds. The molecule has 0 bridgehead atoms. The van der Waals surface area contributed by atoms with Crippen LogP contribution in [0.1, 0.15) is 18.4 Å². The van der Waals surface area contributed by atoms with Crippen LogP contribution in [0.2, 0.25) is 0 Å². The number of carbonyl (C=O) groups is 1. The third kappa shape index (κ3) is 3.72. The van der Waals surface area contributed by atoms with Crippen LogP contribution in [-0.4, -0.2) is 18.0 Å². The molecule has 0 atom stereocenters. The van der Waals surface area contributed by atoms with E-state index >= 15 is 0 Å². The van der Waals surface area contributed by atoms with Crippen LogP contribution in [0.3, 0.4) is 0 Å². The predicted octanol–water partition coefficient (Wildman–Crippen LogP) is 4.14. The van der Waals surface area contributed by atoms with Gasteiger partial charge in [0.2, 0.25) is 5.91 Å². The molecule has 1 aromatic heterocycles. The second-order valence-electron chi connectivity index (χ2n) is 5.49. The summed E-state index contributed by atoms with van der Waals surface area (Å²) in [6.07, 6.45) is 4.23. The number of hydrogen-bond donors (Lipinski definition) is 2. The Balaban J connectivity index is 1.53. The molecule has 0 aliphatic heterocycles. The largest absolute Gasteiger partial charge is 0.497 e. The van der Waals surface area contributed by atoms with Crippen molar-refractivity contribution in [2.24, 2.45) is 0 Å². The molecule has 3 rings (SSSR count). The monoisotopic (exact) mass is 308 g/mol. The molecule has 3 aromatic rings. The molecule has 118 valence electrons. The van der Waals surface area contributed by atoms with Crippen molar-refractivity contribution in [2.75, 3.05) is 12.4 Å². The highest BCUT2D eigenvalue weighted by Gasteiger charge is 2.06. The Morgan fingerprint density at radius 3 is 2.91 bits per heavy atom. The first kappa shape index (κ1) is 15.2. The summed E-state index contributed by atoms with van der Waals surface area (Å²) in [7, 11) is 1.61. The van der Waals surface area contributed by atoms with Crippen LogP contribution in [0.15, 0.2) is 54.7 Å². The fraction of sp³-hybridized carbons (Fsp3) is 0.211. The van der Waals surface area contributed by atoms with Gasteiger partial charge in [-0.1, -0.05) is 24.3 Å². The van der Waals surface area contributed by atoms with Crippen molar-refractivity contribution in [1.29, 1.82) is 0 Å². The maximum Gasteiger partial charge on any atom is 0.224 e. The number of H-pyrrole nitrogens is 1. The van der Waals surface area contributed by atoms with Crippen LogP contribution in [0.4, 0.5) is 5.69 Å². The third-order valence-electron chi connectivity index (χ3n) is 3.88. The molecular weight excluding hydrogens is 288 g/mol. The molecule has 4 heteroatoms. The van der Waals surface area contributed by atoms with Gasteiger partial charge in [0.1, 0.15) is 5.75 Å². The molecule has 0 aliphatic carbocycles. The van der Waals surface area contributed by atoms with Crippen LogP contribution in [0, 0.1) is 0 Å². The summed E-state index contributed by atoms with van der Waals surface area (Å²) in [6, 6.07) is 15.6. The fourth-order valence-corrected chi connectivity index (χ4v) is 2.70. The van der Waals surface area contributed by atoms with Gasteiger partial charge < -0.3 is 15.0 Å². The van der Waals surface area contributed by atoms with Crippen LogP contribution < -0.4 is 10.1 Å². The molecule has 23 heavy (non-hydrogen) atoms. The van der Waals surface area contributed by atoms with Gasteiger partial charge in [0.25, 0.3) is 0 Å². The zero-order chi connectivity index (χ0) is 16.1. The van der Waals surface area contributed by atoms with Crippen LogP contribution in [-0.2, 0) is 11.2 Å². The van der Waals surface area contributed by atoms with Gasteiger partial charge in [-0.05, 0) is 36.6 Å². The first-order valence-corrected chi connectivity index (χ1v) is 7.75. The standard InChI is InChI=1S/C19H20N2O2/c1-23-16-8-5-7-15(12-16)21-19(22)11-4-6-14-13-20-18-10-3-2-9-17(14)18/h2-3,5,7-10,12-13,20H,4,6,11H2,1H3,(H,21,22). The number of amides is 1. The highest BCUT2D eigenvalue weighted by Crippen LogP contribution is 2.20. The van der Waals surface area contributed by atoms with E-state index in [-0.39, 0.29) is 5.91 Å². The number of benzene rings is 2. The Hall–Kier alpha value is -2.75. The van der Waals surface area contributed by atoms with Crippen LogP contribution in [0.25, 0.3) is 10.9 Å². The van der Waals surface area contributed by atoms with E-state index in [1.165, 1.54) is 10.9 Å². The van der Waals surface area contributed by atoms with Gasteiger partial charge in [-0.15, -0.1) is 0 Å². The highest BCUT2D eigenvalue weighted by molar-refractivity contribution is 5.91. The lowest BCUT2D eigenvalue weighted by molar-refractivity contribution is -0.116. The first-order valence-electron chi connectivity index (χ1n) is 7.75. The number of nitrogens with one attached hydrogen (secondary N) is 2. The van der Waals surface area contributed by atoms with E-state index in [1.807, 2.05) is 42.6 Å². The molecule has 0 saturated heterocycles. The van der Waals surface area contributed by atoms with E-state index in [4.69, 9.17) is 4.74 Å². The third-order valence-corrected chi connectivity index (χ3v) is 3.88. The minimum atomic E-state index is 0.0260. The maximum absolute atomic E-state index is 12.0. The van der Waals surface area contributed by atoms with Crippen molar-refractivity contribution in [3.8, 4) is 5.75 Å². The summed E-state index contributed by atoms with van der Waals surface area (Å²) >= 11 is 0. The molecule has 2 aromatic carbocycles. The van der Waals surface area contributed by atoms with Gasteiger partial charge in [-0.3, -0.25) is 4.79 Å². The molecule has 0 aliphatic rings. The van der Waals surface area contributed by atoms with E-state index in [0.29, 0.717) is 6.42 Å². The Labute approximate surface area is 135 Å². The van der Waals surface area contributed by atoms with Crippen molar-refractivity contribution < 1.29 is 9.53 Å². The molecule has 0 unspecified atom stereocenters. The number of rotatable bonds is 6. The van der Waals surface area contributed by atoms with Gasteiger partial charge in [0.15, 0.2) is 0 Å². The molecule has 0 spiro atoms. The Bertz CT molecular complexity index is 808. The minimum absolute atomic E-state index is 0.0260. The van der Waals surface area contributed by atoms with Gasteiger partial charge in [0, 0.05) is 35.3 Å². The SMILES string of the molecule is COc1cccc(NC(=O)CCCc2c[nH]c3ccccc23)c1. The smallest absolute Gasteiger partial charge is 0.224 e. The Morgan fingerprint density at radius 2 is 2.04 bits per heavy atom. The second kappa shape index (κ2) is 7.01. The number of carbonyl (C=O) groups excluding carboxylic acids is 1. The topological polar surface area (TPSA) is 54.1 Å². The summed E-state index contributed by atoms with van der Waals surface area (Å²) < 4.78 is 5.15. The highest BCUT2D eigenvalue weighted by atomic mass is 16.5. The predicted molar refractivity (Wildman–Crippen MR) is 92.9 cm³/mol. The minimum Gasteiger partial charge on any atom is -0.497 e. The van der Waals surface area contributed by atoms with Crippen molar-refractivity contribution in [3.63, 3.8) is 0 Å². The molecule has 0 saturated carbocycles. The summed E-state index contributed by atoms with van der Waals surface area (Å²) in [6.45, 7) is 0. The van der Waals surface area contributed by atoms with Gasteiger partial charge in [-0.25, -0.2) is 0 Å². The average molecular weight is 308 g/mol. The zero-order valence-electron chi connectivity index (χ0n) is 13.1. The number of aryl methyl sites for hydroxylation is 1. The van der Waals surface area contributed by atoms with Crippen LogP contribution in [0.5, 0.6) is 5.75 Å². The molecule has 4 nitrogen and oxygen atoms in total.